The molecule has 34 heavy (non-hydrogen) atoms. The summed E-state index contributed by atoms with van der Waals surface area (Å²) in [4.78, 5) is 13.2. The van der Waals surface area contributed by atoms with Crippen molar-refractivity contribution in [3.63, 3.8) is 0 Å². The summed E-state index contributed by atoms with van der Waals surface area (Å²) in [5.41, 5.74) is 3.61. The molecule has 0 bridgehead atoms. The van der Waals surface area contributed by atoms with Gasteiger partial charge in [-0.1, -0.05) is 36.0 Å². The average molecular weight is 486 g/mol. The van der Waals surface area contributed by atoms with Gasteiger partial charge in [-0.2, -0.15) is 0 Å². The van der Waals surface area contributed by atoms with Crippen molar-refractivity contribution in [2.45, 2.75) is 42.2 Å². The lowest BCUT2D eigenvalue weighted by Gasteiger charge is -2.33. The third kappa shape index (κ3) is 4.45. The molecular weight excluding hydrogens is 458 g/mol. The SMILES string of the molecule is Cc1ncc(CN2CCC(Oc3ccc(N4c5ccccc5Sc5ccccc54)cc3)CC2)s1. The Hall–Kier alpha value is -2.80. The van der Waals surface area contributed by atoms with Crippen LogP contribution in [0, 0.1) is 6.92 Å². The molecule has 0 N–H and O–H groups in total. The van der Waals surface area contributed by atoms with Gasteiger partial charge in [-0.15, -0.1) is 11.3 Å². The van der Waals surface area contributed by atoms with Gasteiger partial charge in [-0.05, 0) is 68.3 Å². The van der Waals surface area contributed by atoms with Crippen LogP contribution in [0.3, 0.4) is 0 Å². The summed E-state index contributed by atoms with van der Waals surface area (Å²) in [6.07, 6.45) is 4.41. The number of nitrogens with zero attached hydrogens (tertiary/aromatic N) is 3. The van der Waals surface area contributed by atoms with Crippen LogP contribution in [0.5, 0.6) is 5.75 Å². The number of hydrogen-bond acceptors (Lipinski definition) is 6. The van der Waals surface area contributed by atoms with Gasteiger partial charge in [-0.25, -0.2) is 4.98 Å². The molecule has 0 saturated carbocycles. The molecule has 0 aliphatic carbocycles. The molecule has 6 heteroatoms. The molecule has 2 aliphatic heterocycles. The molecule has 0 unspecified atom stereocenters. The molecule has 6 rings (SSSR count). The van der Waals surface area contributed by atoms with E-state index >= 15 is 0 Å². The van der Waals surface area contributed by atoms with Crippen LogP contribution >= 0.6 is 23.1 Å². The molecule has 2 aliphatic rings. The van der Waals surface area contributed by atoms with Gasteiger partial charge in [0.15, 0.2) is 0 Å². The molecule has 1 saturated heterocycles. The fraction of sp³-hybridized carbons (Fsp3) is 0.250. The zero-order valence-corrected chi connectivity index (χ0v) is 20.8. The third-order valence-corrected chi connectivity index (χ3v) is 8.44. The molecule has 0 atom stereocenters. The van der Waals surface area contributed by atoms with Crippen LogP contribution < -0.4 is 9.64 Å². The van der Waals surface area contributed by atoms with E-state index in [9.17, 15) is 0 Å². The minimum absolute atomic E-state index is 0.276. The van der Waals surface area contributed by atoms with E-state index in [0.29, 0.717) is 0 Å². The molecule has 3 heterocycles. The number of benzene rings is 3. The lowest BCUT2D eigenvalue weighted by atomic mass is 10.1. The van der Waals surface area contributed by atoms with Crippen molar-refractivity contribution < 1.29 is 4.74 Å². The smallest absolute Gasteiger partial charge is 0.119 e. The Labute approximate surface area is 209 Å². The fourth-order valence-electron chi connectivity index (χ4n) is 4.73. The van der Waals surface area contributed by atoms with Crippen LogP contribution in [0.15, 0.2) is 88.8 Å². The summed E-state index contributed by atoms with van der Waals surface area (Å²) in [6, 6.07) is 25.8. The number of aryl methyl sites for hydroxylation is 1. The first-order chi connectivity index (χ1) is 16.7. The minimum atomic E-state index is 0.276. The molecule has 4 aromatic rings. The number of likely N-dealkylation sites (tertiary alicyclic amines) is 1. The minimum Gasteiger partial charge on any atom is -0.490 e. The third-order valence-electron chi connectivity index (χ3n) is 6.41. The van der Waals surface area contributed by atoms with Gasteiger partial charge < -0.3 is 9.64 Å². The zero-order chi connectivity index (χ0) is 22.9. The predicted molar refractivity (Wildman–Crippen MR) is 141 cm³/mol. The highest BCUT2D eigenvalue weighted by molar-refractivity contribution is 7.99. The van der Waals surface area contributed by atoms with Gasteiger partial charge in [0.05, 0.1) is 16.4 Å². The molecule has 0 radical (unpaired) electrons. The van der Waals surface area contributed by atoms with E-state index in [-0.39, 0.29) is 6.10 Å². The molecule has 0 spiro atoms. The van der Waals surface area contributed by atoms with Gasteiger partial charge in [0.25, 0.3) is 0 Å². The van der Waals surface area contributed by atoms with Crippen LogP contribution in [0.2, 0.25) is 0 Å². The Morgan fingerprint density at radius 1 is 0.882 bits per heavy atom. The number of para-hydroxylation sites is 2. The van der Waals surface area contributed by atoms with E-state index in [2.05, 4.69) is 94.5 Å². The number of ether oxygens (including phenoxy) is 1. The first kappa shape index (κ1) is 21.7. The van der Waals surface area contributed by atoms with Crippen LogP contribution in [-0.2, 0) is 6.54 Å². The Kier molecular flexibility index (Phi) is 6.04. The number of thiazole rings is 1. The van der Waals surface area contributed by atoms with Crippen LogP contribution in [0.1, 0.15) is 22.7 Å². The molecule has 1 fully saturated rings. The highest BCUT2D eigenvalue weighted by Crippen LogP contribution is 2.51. The molecule has 0 amide bonds. The topological polar surface area (TPSA) is 28.6 Å². The molecular formula is C28H27N3OS2. The van der Waals surface area contributed by atoms with Crippen LogP contribution in [0.25, 0.3) is 0 Å². The standard InChI is InChI=1S/C28H27N3OS2/c1-20-29-18-24(33-20)19-30-16-14-23(15-17-30)32-22-12-10-21(11-13-22)31-25-6-2-4-8-27(25)34-28-9-5-3-7-26(28)31/h2-13,18,23H,14-17,19H2,1H3. The van der Waals surface area contributed by atoms with Crippen molar-refractivity contribution in [1.29, 1.82) is 0 Å². The first-order valence-electron chi connectivity index (χ1n) is 11.8. The molecule has 4 nitrogen and oxygen atoms in total. The van der Waals surface area contributed by atoms with E-state index in [1.54, 1.807) is 11.3 Å². The van der Waals surface area contributed by atoms with Gasteiger partial charge in [0.1, 0.15) is 11.9 Å². The maximum absolute atomic E-state index is 6.38. The van der Waals surface area contributed by atoms with Crippen molar-refractivity contribution >= 4 is 40.2 Å². The van der Waals surface area contributed by atoms with Gasteiger partial charge >= 0.3 is 0 Å². The number of aromatic nitrogens is 1. The van der Waals surface area contributed by atoms with Crippen molar-refractivity contribution in [1.82, 2.24) is 9.88 Å². The van der Waals surface area contributed by atoms with Crippen molar-refractivity contribution in [3.05, 3.63) is 88.9 Å². The summed E-state index contributed by atoms with van der Waals surface area (Å²) in [7, 11) is 0. The summed E-state index contributed by atoms with van der Waals surface area (Å²) in [6.45, 7) is 5.21. The Morgan fingerprint density at radius 2 is 1.53 bits per heavy atom. The summed E-state index contributed by atoms with van der Waals surface area (Å²) in [5.74, 6) is 0.952. The summed E-state index contributed by atoms with van der Waals surface area (Å²) in [5, 5.41) is 1.15. The fourth-order valence-corrected chi connectivity index (χ4v) is 6.63. The second-order valence-corrected chi connectivity index (χ2v) is 11.2. The number of hydrogen-bond donors (Lipinski definition) is 0. The molecule has 1 aromatic heterocycles. The van der Waals surface area contributed by atoms with Crippen molar-refractivity contribution in [2.75, 3.05) is 18.0 Å². The lowest BCUT2D eigenvalue weighted by Crippen LogP contribution is -2.37. The first-order valence-corrected chi connectivity index (χ1v) is 13.4. The van der Waals surface area contributed by atoms with Crippen LogP contribution in [0.4, 0.5) is 17.1 Å². The summed E-state index contributed by atoms with van der Waals surface area (Å²) < 4.78 is 6.38. The lowest BCUT2D eigenvalue weighted by molar-refractivity contribution is 0.0973. The van der Waals surface area contributed by atoms with Gasteiger partial charge in [0.2, 0.25) is 0 Å². The number of piperidine rings is 1. The van der Waals surface area contributed by atoms with E-state index in [4.69, 9.17) is 4.74 Å². The van der Waals surface area contributed by atoms with Crippen LogP contribution in [-0.4, -0.2) is 29.1 Å². The largest absolute Gasteiger partial charge is 0.490 e. The monoisotopic (exact) mass is 485 g/mol. The van der Waals surface area contributed by atoms with Gasteiger partial charge in [-0.3, -0.25) is 4.90 Å². The molecule has 3 aromatic carbocycles. The highest BCUT2D eigenvalue weighted by atomic mass is 32.2. The Balaban J connectivity index is 1.13. The van der Waals surface area contributed by atoms with E-state index < -0.39 is 0 Å². The predicted octanol–water partition coefficient (Wildman–Crippen LogP) is 7.43. The normalized spacial score (nSPS) is 16.2. The maximum Gasteiger partial charge on any atom is 0.119 e. The van der Waals surface area contributed by atoms with E-state index in [1.165, 1.54) is 26.0 Å². The van der Waals surface area contributed by atoms with Crippen molar-refractivity contribution in [2.24, 2.45) is 0 Å². The van der Waals surface area contributed by atoms with E-state index in [0.717, 1.165) is 48.9 Å². The zero-order valence-electron chi connectivity index (χ0n) is 19.2. The number of rotatable bonds is 5. The highest BCUT2D eigenvalue weighted by Gasteiger charge is 2.25. The molecule has 172 valence electrons. The number of fused-ring (bicyclic) bond motifs is 2. The van der Waals surface area contributed by atoms with Crippen molar-refractivity contribution in [3.8, 4) is 5.75 Å². The number of anilines is 3. The summed E-state index contributed by atoms with van der Waals surface area (Å²) >= 11 is 3.64. The Bertz CT molecular complexity index is 1230. The average Bonchev–Trinajstić information content (AvgIpc) is 3.28. The quantitative estimate of drug-likeness (QED) is 0.258. The second kappa shape index (κ2) is 9.45. The van der Waals surface area contributed by atoms with E-state index in [1.807, 2.05) is 18.0 Å². The maximum atomic E-state index is 6.38. The Morgan fingerprint density at radius 3 is 2.15 bits per heavy atom. The van der Waals surface area contributed by atoms with Gasteiger partial charge in [0, 0.05) is 46.2 Å². The second-order valence-electron chi connectivity index (χ2n) is 8.81.